The minimum Gasteiger partial charge on any atom is -0.326 e. The molecular formula is C12H8N4. The highest BCUT2D eigenvalue weighted by molar-refractivity contribution is 5.32. The van der Waals surface area contributed by atoms with Gasteiger partial charge in [-0.2, -0.15) is 5.26 Å². The SMILES string of the molecule is N#Cc1cccc(C#CCn2ccnc2)n1. The van der Waals surface area contributed by atoms with Crippen molar-refractivity contribution in [2.75, 3.05) is 0 Å². The molecule has 0 fully saturated rings. The van der Waals surface area contributed by atoms with Gasteiger partial charge < -0.3 is 4.57 Å². The summed E-state index contributed by atoms with van der Waals surface area (Å²) in [6.07, 6.45) is 5.25. The van der Waals surface area contributed by atoms with Gasteiger partial charge in [0, 0.05) is 12.4 Å². The average Bonchev–Trinajstić information content (AvgIpc) is 2.82. The lowest BCUT2D eigenvalue weighted by Crippen LogP contribution is -1.91. The lowest BCUT2D eigenvalue weighted by molar-refractivity contribution is 0.839. The van der Waals surface area contributed by atoms with Crippen molar-refractivity contribution in [2.45, 2.75) is 6.54 Å². The number of imidazole rings is 1. The van der Waals surface area contributed by atoms with Crippen molar-refractivity contribution in [2.24, 2.45) is 0 Å². The van der Waals surface area contributed by atoms with Crippen LogP contribution in [0.3, 0.4) is 0 Å². The van der Waals surface area contributed by atoms with Gasteiger partial charge in [-0.25, -0.2) is 9.97 Å². The quantitative estimate of drug-likeness (QED) is 0.662. The van der Waals surface area contributed by atoms with Crippen LogP contribution in [0, 0.1) is 23.2 Å². The Bertz CT molecular complexity index is 567. The first-order chi connectivity index (χ1) is 7.88. The number of pyridine rings is 1. The van der Waals surface area contributed by atoms with Gasteiger partial charge in [0.05, 0.1) is 12.9 Å². The van der Waals surface area contributed by atoms with Gasteiger partial charge in [-0.15, -0.1) is 0 Å². The molecule has 2 rings (SSSR count). The molecule has 16 heavy (non-hydrogen) atoms. The predicted octanol–water partition coefficient (Wildman–Crippen LogP) is 1.20. The lowest BCUT2D eigenvalue weighted by atomic mass is 10.3. The molecule has 2 aromatic heterocycles. The third-order valence-corrected chi connectivity index (χ3v) is 1.90. The Morgan fingerprint density at radius 1 is 1.31 bits per heavy atom. The minimum atomic E-state index is 0.384. The number of hydrogen-bond donors (Lipinski definition) is 0. The molecule has 0 N–H and O–H groups in total. The van der Waals surface area contributed by atoms with E-state index in [9.17, 15) is 0 Å². The van der Waals surface area contributed by atoms with Crippen molar-refractivity contribution in [1.29, 1.82) is 5.26 Å². The molecule has 0 aromatic carbocycles. The van der Waals surface area contributed by atoms with Crippen molar-refractivity contribution in [3.05, 3.63) is 48.3 Å². The molecule has 0 radical (unpaired) electrons. The van der Waals surface area contributed by atoms with Gasteiger partial charge in [0.25, 0.3) is 0 Å². The van der Waals surface area contributed by atoms with Gasteiger partial charge in [0.1, 0.15) is 17.5 Å². The van der Waals surface area contributed by atoms with Gasteiger partial charge in [-0.3, -0.25) is 0 Å². The maximum absolute atomic E-state index is 8.66. The van der Waals surface area contributed by atoms with E-state index in [-0.39, 0.29) is 0 Å². The zero-order chi connectivity index (χ0) is 11.2. The van der Waals surface area contributed by atoms with Crippen LogP contribution in [0.2, 0.25) is 0 Å². The Morgan fingerprint density at radius 3 is 2.94 bits per heavy atom. The molecule has 2 heterocycles. The molecule has 0 aliphatic heterocycles. The second-order valence-electron chi connectivity index (χ2n) is 3.06. The van der Waals surface area contributed by atoms with Crippen LogP contribution >= 0.6 is 0 Å². The summed E-state index contributed by atoms with van der Waals surface area (Å²) < 4.78 is 1.86. The fourth-order valence-corrected chi connectivity index (χ4v) is 1.17. The van der Waals surface area contributed by atoms with Crippen LogP contribution in [0.1, 0.15) is 11.4 Å². The Labute approximate surface area is 93.2 Å². The Morgan fingerprint density at radius 2 is 2.19 bits per heavy atom. The molecule has 0 amide bonds. The van der Waals surface area contributed by atoms with E-state index < -0.39 is 0 Å². The first kappa shape index (κ1) is 9.95. The lowest BCUT2D eigenvalue weighted by Gasteiger charge is -1.91. The van der Waals surface area contributed by atoms with E-state index >= 15 is 0 Å². The van der Waals surface area contributed by atoms with E-state index in [0.29, 0.717) is 17.9 Å². The molecule has 0 aliphatic carbocycles. The summed E-state index contributed by atoms with van der Waals surface area (Å²) in [5.74, 6) is 5.85. The Hall–Kier alpha value is -2.59. The Balaban J connectivity index is 2.09. The van der Waals surface area contributed by atoms with Gasteiger partial charge in [-0.05, 0) is 18.1 Å². The van der Waals surface area contributed by atoms with E-state index in [1.54, 1.807) is 30.7 Å². The molecule has 4 nitrogen and oxygen atoms in total. The van der Waals surface area contributed by atoms with Crippen molar-refractivity contribution in [3.8, 4) is 17.9 Å². The van der Waals surface area contributed by atoms with Crippen LogP contribution in [0.15, 0.2) is 36.9 Å². The third-order valence-electron chi connectivity index (χ3n) is 1.90. The molecule has 0 spiro atoms. The van der Waals surface area contributed by atoms with Crippen LogP contribution in [0.4, 0.5) is 0 Å². The summed E-state index contributed by atoms with van der Waals surface area (Å²) in [4.78, 5) is 7.96. The summed E-state index contributed by atoms with van der Waals surface area (Å²) >= 11 is 0. The second-order valence-corrected chi connectivity index (χ2v) is 3.06. The van der Waals surface area contributed by atoms with E-state index in [1.807, 2.05) is 16.8 Å². The summed E-state index contributed by atoms with van der Waals surface area (Å²) in [7, 11) is 0. The van der Waals surface area contributed by atoms with Crippen molar-refractivity contribution < 1.29 is 0 Å². The van der Waals surface area contributed by atoms with Crippen LogP contribution in [-0.2, 0) is 6.54 Å². The maximum Gasteiger partial charge on any atom is 0.141 e. The summed E-state index contributed by atoms with van der Waals surface area (Å²) in [5.41, 5.74) is 0.994. The minimum absolute atomic E-state index is 0.384. The average molecular weight is 208 g/mol. The molecule has 0 bridgehead atoms. The Kier molecular flexibility index (Phi) is 2.96. The smallest absolute Gasteiger partial charge is 0.141 e. The van der Waals surface area contributed by atoms with Gasteiger partial charge in [0.2, 0.25) is 0 Å². The molecule has 0 unspecified atom stereocenters. The maximum atomic E-state index is 8.66. The van der Waals surface area contributed by atoms with E-state index in [0.717, 1.165) is 0 Å². The summed E-state index contributed by atoms with van der Waals surface area (Å²) in [6, 6.07) is 7.18. The molecular weight excluding hydrogens is 200 g/mol. The molecule has 0 saturated carbocycles. The molecule has 0 saturated heterocycles. The van der Waals surface area contributed by atoms with Crippen LogP contribution in [0.25, 0.3) is 0 Å². The highest BCUT2D eigenvalue weighted by Crippen LogP contribution is 1.96. The van der Waals surface area contributed by atoms with Gasteiger partial charge >= 0.3 is 0 Å². The zero-order valence-electron chi connectivity index (χ0n) is 8.46. The fraction of sp³-hybridized carbons (Fsp3) is 0.0833. The number of nitrogens with zero attached hydrogens (tertiary/aromatic N) is 4. The van der Waals surface area contributed by atoms with E-state index in [4.69, 9.17) is 5.26 Å². The molecule has 0 atom stereocenters. The second kappa shape index (κ2) is 4.77. The largest absolute Gasteiger partial charge is 0.326 e. The standard InChI is InChI=1S/C12H8N4/c13-9-12-4-1-3-11(15-12)5-2-7-16-8-6-14-10-16/h1,3-4,6,8,10H,7H2. The predicted molar refractivity (Wildman–Crippen MR) is 58.1 cm³/mol. The molecule has 76 valence electrons. The first-order valence-electron chi connectivity index (χ1n) is 4.70. The monoisotopic (exact) mass is 208 g/mol. The number of hydrogen-bond acceptors (Lipinski definition) is 3. The van der Waals surface area contributed by atoms with E-state index in [2.05, 4.69) is 21.8 Å². The summed E-state index contributed by atoms with van der Waals surface area (Å²) in [5, 5.41) is 8.66. The first-order valence-corrected chi connectivity index (χ1v) is 4.70. The van der Waals surface area contributed by atoms with Crippen molar-refractivity contribution >= 4 is 0 Å². The van der Waals surface area contributed by atoms with Crippen molar-refractivity contribution in [1.82, 2.24) is 14.5 Å². The highest BCUT2D eigenvalue weighted by atomic mass is 15.0. The number of rotatable bonds is 1. The molecule has 2 aromatic rings. The van der Waals surface area contributed by atoms with Crippen LogP contribution in [0.5, 0.6) is 0 Å². The van der Waals surface area contributed by atoms with Gasteiger partial charge in [0.15, 0.2) is 0 Å². The van der Waals surface area contributed by atoms with E-state index in [1.165, 1.54) is 0 Å². The van der Waals surface area contributed by atoms with Crippen molar-refractivity contribution in [3.63, 3.8) is 0 Å². The zero-order valence-corrected chi connectivity index (χ0v) is 8.46. The van der Waals surface area contributed by atoms with Crippen LogP contribution in [-0.4, -0.2) is 14.5 Å². The van der Waals surface area contributed by atoms with Gasteiger partial charge in [-0.1, -0.05) is 12.0 Å². The third kappa shape index (κ3) is 2.46. The fourth-order valence-electron chi connectivity index (χ4n) is 1.17. The van der Waals surface area contributed by atoms with Crippen LogP contribution < -0.4 is 0 Å². The highest BCUT2D eigenvalue weighted by Gasteiger charge is 1.91. The normalized spacial score (nSPS) is 8.94. The number of nitriles is 1. The number of aromatic nitrogens is 3. The summed E-state index contributed by atoms with van der Waals surface area (Å²) in [6.45, 7) is 0.568. The topological polar surface area (TPSA) is 54.5 Å². The molecule has 4 heteroatoms. The molecule has 0 aliphatic rings.